The summed E-state index contributed by atoms with van der Waals surface area (Å²) in [6.45, 7) is 5.61. The van der Waals surface area contributed by atoms with Crippen LogP contribution in [0.1, 0.15) is 33.1 Å². The average molecular weight is 173 g/mol. The Kier molecular flexibility index (Phi) is 4.31. The van der Waals surface area contributed by atoms with Crippen molar-refractivity contribution in [2.45, 2.75) is 44.4 Å². The molecule has 0 aromatic heterocycles. The van der Waals surface area contributed by atoms with Gasteiger partial charge in [-0.2, -0.15) is 11.8 Å². The van der Waals surface area contributed by atoms with E-state index < -0.39 is 0 Å². The van der Waals surface area contributed by atoms with Crippen molar-refractivity contribution in [3.05, 3.63) is 0 Å². The Morgan fingerprint density at radius 3 is 2.91 bits per heavy atom. The van der Waals surface area contributed by atoms with Crippen LogP contribution in [-0.2, 0) is 0 Å². The van der Waals surface area contributed by atoms with Gasteiger partial charge in [0.1, 0.15) is 0 Å². The van der Waals surface area contributed by atoms with Crippen LogP contribution in [0.3, 0.4) is 0 Å². The molecule has 1 nitrogen and oxygen atoms in total. The van der Waals surface area contributed by atoms with Gasteiger partial charge in [0, 0.05) is 11.3 Å². The second kappa shape index (κ2) is 5.04. The number of thioether (sulfide) groups is 1. The van der Waals surface area contributed by atoms with Crippen LogP contribution in [0.25, 0.3) is 0 Å². The Labute approximate surface area is 74.3 Å². The smallest absolute Gasteiger partial charge is 0.0198 e. The fourth-order valence-corrected chi connectivity index (χ4v) is 3.01. The second-order valence-electron chi connectivity index (χ2n) is 3.25. The van der Waals surface area contributed by atoms with Crippen LogP contribution >= 0.6 is 11.8 Å². The van der Waals surface area contributed by atoms with E-state index in [1.807, 2.05) is 0 Å². The predicted molar refractivity (Wildman–Crippen MR) is 53.2 cm³/mol. The molecule has 2 atom stereocenters. The van der Waals surface area contributed by atoms with Gasteiger partial charge in [-0.25, -0.2) is 0 Å². The van der Waals surface area contributed by atoms with Gasteiger partial charge < -0.3 is 5.32 Å². The van der Waals surface area contributed by atoms with E-state index in [-0.39, 0.29) is 0 Å². The maximum Gasteiger partial charge on any atom is 0.0198 e. The molecule has 0 spiro atoms. The quantitative estimate of drug-likeness (QED) is 0.702. The highest BCUT2D eigenvalue weighted by Gasteiger charge is 2.19. The second-order valence-corrected chi connectivity index (χ2v) is 4.60. The van der Waals surface area contributed by atoms with Crippen molar-refractivity contribution in [1.82, 2.24) is 5.32 Å². The molecule has 0 saturated carbocycles. The van der Waals surface area contributed by atoms with Crippen molar-refractivity contribution in [3.8, 4) is 0 Å². The molecule has 0 amide bonds. The van der Waals surface area contributed by atoms with Gasteiger partial charge in [-0.3, -0.25) is 0 Å². The van der Waals surface area contributed by atoms with Crippen LogP contribution in [0.4, 0.5) is 0 Å². The summed E-state index contributed by atoms with van der Waals surface area (Å²) in [6.07, 6.45) is 4.28. The first kappa shape index (κ1) is 9.40. The van der Waals surface area contributed by atoms with Crippen LogP contribution in [0, 0.1) is 0 Å². The molecule has 0 aromatic carbocycles. The first-order valence-electron chi connectivity index (χ1n) is 4.69. The van der Waals surface area contributed by atoms with Gasteiger partial charge in [-0.05, 0) is 32.1 Å². The van der Waals surface area contributed by atoms with Gasteiger partial charge in [0.25, 0.3) is 0 Å². The van der Waals surface area contributed by atoms with Crippen molar-refractivity contribution in [2.75, 3.05) is 12.3 Å². The molecular weight excluding hydrogens is 154 g/mol. The van der Waals surface area contributed by atoms with Crippen molar-refractivity contribution in [1.29, 1.82) is 0 Å². The average Bonchev–Trinajstić information content (AvgIpc) is 2.07. The van der Waals surface area contributed by atoms with Crippen LogP contribution in [0.5, 0.6) is 0 Å². The lowest BCUT2D eigenvalue weighted by Gasteiger charge is -2.27. The van der Waals surface area contributed by atoms with Crippen molar-refractivity contribution in [2.24, 2.45) is 0 Å². The van der Waals surface area contributed by atoms with E-state index in [9.17, 15) is 0 Å². The summed E-state index contributed by atoms with van der Waals surface area (Å²) >= 11 is 2.15. The third-order valence-corrected chi connectivity index (χ3v) is 3.90. The molecule has 2 unspecified atom stereocenters. The Balaban J connectivity index is 2.21. The van der Waals surface area contributed by atoms with E-state index in [0.29, 0.717) is 6.04 Å². The van der Waals surface area contributed by atoms with Crippen molar-refractivity contribution < 1.29 is 0 Å². The highest BCUT2D eigenvalue weighted by molar-refractivity contribution is 8.00. The molecule has 1 heterocycles. The van der Waals surface area contributed by atoms with Crippen molar-refractivity contribution in [3.63, 3.8) is 0 Å². The molecule has 2 heteroatoms. The molecule has 0 bridgehead atoms. The Morgan fingerprint density at radius 1 is 1.55 bits per heavy atom. The van der Waals surface area contributed by atoms with E-state index in [2.05, 4.69) is 30.9 Å². The summed E-state index contributed by atoms with van der Waals surface area (Å²) in [5, 5.41) is 4.37. The molecule has 1 aliphatic rings. The molecule has 1 rings (SSSR count). The Bertz CT molecular complexity index is 99.7. The molecule has 1 N–H and O–H groups in total. The topological polar surface area (TPSA) is 12.0 Å². The molecule has 11 heavy (non-hydrogen) atoms. The van der Waals surface area contributed by atoms with Gasteiger partial charge >= 0.3 is 0 Å². The molecule has 0 aromatic rings. The normalized spacial score (nSPS) is 28.4. The van der Waals surface area contributed by atoms with Gasteiger partial charge in [-0.15, -0.1) is 0 Å². The van der Waals surface area contributed by atoms with E-state index in [1.54, 1.807) is 0 Å². The summed E-state index contributed by atoms with van der Waals surface area (Å²) in [5.74, 6) is 1.38. The van der Waals surface area contributed by atoms with Gasteiger partial charge in [0.15, 0.2) is 0 Å². The highest BCUT2D eigenvalue weighted by Crippen LogP contribution is 2.27. The monoisotopic (exact) mass is 173 g/mol. The zero-order valence-electron chi connectivity index (χ0n) is 7.60. The van der Waals surface area contributed by atoms with Gasteiger partial charge in [0.2, 0.25) is 0 Å². The minimum Gasteiger partial charge on any atom is -0.313 e. The number of hydrogen-bond donors (Lipinski definition) is 1. The zero-order valence-corrected chi connectivity index (χ0v) is 8.41. The minimum absolute atomic E-state index is 0.713. The number of hydrogen-bond acceptors (Lipinski definition) is 2. The lowest BCUT2D eigenvalue weighted by atomic mass is 10.1. The first-order chi connectivity index (χ1) is 5.34. The molecule has 0 aliphatic carbocycles. The summed E-state index contributed by atoms with van der Waals surface area (Å²) in [4.78, 5) is 0. The van der Waals surface area contributed by atoms with E-state index in [4.69, 9.17) is 0 Å². The maximum atomic E-state index is 3.49. The minimum atomic E-state index is 0.713. The predicted octanol–water partition coefficient (Wildman–Crippen LogP) is 2.27. The van der Waals surface area contributed by atoms with Crippen LogP contribution in [-0.4, -0.2) is 23.6 Å². The van der Waals surface area contributed by atoms with E-state index in [1.165, 1.54) is 25.0 Å². The Morgan fingerprint density at radius 2 is 2.36 bits per heavy atom. The summed E-state index contributed by atoms with van der Waals surface area (Å²) in [6, 6.07) is 0.713. The standard InChI is InChI=1S/C9H19NS/c1-3-10-8(2)9-6-4-5-7-11-9/h8-10H,3-7H2,1-2H3. The molecule has 1 saturated heterocycles. The van der Waals surface area contributed by atoms with Crippen LogP contribution in [0.2, 0.25) is 0 Å². The van der Waals surface area contributed by atoms with Crippen LogP contribution < -0.4 is 5.32 Å². The van der Waals surface area contributed by atoms with Crippen molar-refractivity contribution >= 4 is 11.8 Å². The third kappa shape index (κ3) is 3.04. The number of nitrogens with one attached hydrogen (secondary N) is 1. The molecule has 0 radical (unpaired) electrons. The van der Waals surface area contributed by atoms with Gasteiger partial charge in [0.05, 0.1) is 0 Å². The lowest BCUT2D eigenvalue weighted by Crippen LogP contribution is -2.36. The SMILES string of the molecule is CCNC(C)C1CCCCS1. The fourth-order valence-electron chi connectivity index (χ4n) is 1.61. The largest absolute Gasteiger partial charge is 0.313 e. The molecule has 1 aliphatic heterocycles. The highest BCUT2D eigenvalue weighted by atomic mass is 32.2. The summed E-state index contributed by atoms with van der Waals surface area (Å²) in [5.41, 5.74) is 0. The van der Waals surface area contributed by atoms with E-state index in [0.717, 1.165) is 11.8 Å². The third-order valence-electron chi connectivity index (χ3n) is 2.30. The summed E-state index contributed by atoms with van der Waals surface area (Å²) < 4.78 is 0. The first-order valence-corrected chi connectivity index (χ1v) is 5.74. The Hall–Kier alpha value is 0.310. The van der Waals surface area contributed by atoms with E-state index >= 15 is 0 Å². The lowest BCUT2D eigenvalue weighted by molar-refractivity contribution is 0.504. The molecule has 66 valence electrons. The maximum absolute atomic E-state index is 3.49. The van der Waals surface area contributed by atoms with Gasteiger partial charge in [-0.1, -0.05) is 13.3 Å². The fraction of sp³-hybridized carbons (Fsp3) is 1.00. The molecular formula is C9H19NS. The number of rotatable bonds is 3. The summed E-state index contributed by atoms with van der Waals surface area (Å²) in [7, 11) is 0. The molecule has 1 fully saturated rings. The zero-order chi connectivity index (χ0) is 8.10. The van der Waals surface area contributed by atoms with Crippen LogP contribution in [0.15, 0.2) is 0 Å².